The SMILES string of the molecule is CCCCCCCCC(CCCCCCCC)CN(c1ccc(C)cc1)c1ccc(C2=C([O-])C(=C3C=CC(=[N+](c4ccc(C)cc4)c4ccc(C)cc4)C=C3NC(=O)C(CC)CCCC)C2=O)c(NC(=O)C(CC)CCCC)c1. The highest BCUT2D eigenvalue weighted by atomic mass is 16.3. The average molecular weight is 1070 g/mol. The van der Waals surface area contributed by atoms with Gasteiger partial charge in [-0.3, -0.25) is 14.4 Å². The Morgan fingerprint density at radius 2 is 1.00 bits per heavy atom. The average Bonchev–Trinajstić information content (AvgIpc) is 3.57. The molecule has 8 heteroatoms. The van der Waals surface area contributed by atoms with Crippen LogP contribution in [0, 0.1) is 38.5 Å². The van der Waals surface area contributed by atoms with Crippen LogP contribution in [0.15, 0.2) is 132 Å². The molecule has 0 heterocycles. The number of amides is 2. The van der Waals surface area contributed by atoms with E-state index in [1.165, 1.54) is 82.6 Å². The highest BCUT2D eigenvalue weighted by Gasteiger charge is 2.36. The molecule has 2 amide bonds. The number of hydrogen-bond donors (Lipinski definition) is 2. The van der Waals surface area contributed by atoms with Crippen molar-refractivity contribution >= 4 is 57.3 Å². The quantitative estimate of drug-likeness (QED) is 0.0281. The van der Waals surface area contributed by atoms with Crippen molar-refractivity contribution in [3.63, 3.8) is 0 Å². The number of hydrogen-bond acceptors (Lipinski definition) is 5. The summed E-state index contributed by atoms with van der Waals surface area (Å²) in [6, 6.07) is 31.2. The Bertz CT molecular complexity index is 2710. The molecule has 6 rings (SSSR count). The molecule has 0 saturated carbocycles. The summed E-state index contributed by atoms with van der Waals surface area (Å²) in [5.74, 6) is -1.07. The standard InChI is InChI=1S/C71H96N4O4/c1-10-16-20-22-24-26-28-54(29-27-25-23-21-17-11-2)50-74(57-38-32-51(7)33-39-57)60-44-46-62(64(48-60)72-70(78)55(14-5)30-18-12-3)66-68(76)67(69(66)77)63-47-45-61(49-65(63)73-71(79)56(15-6)31-19-13-4)75(58-40-34-52(8)35-41-58)59-42-36-53(9)37-43-59/h32-49,54-56H,10-31,50H2,1-9H3,(H2,72,73,76,77,78,79). The van der Waals surface area contributed by atoms with E-state index in [2.05, 4.69) is 141 Å². The Kier molecular flexibility index (Phi) is 25.2. The van der Waals surface area contributed by atoms with Crippen LogP contribution in [0.1, 0.15) is 205 Å². The molecule has 2 atom stereocenters. The zero-order valence-corrected chi connectivity index (χ0v) is 49.9. The largest absolute Gasteiger partial charge is 0.871 e. The van der Waals surface area contributed by atoms with Gasteiger partial charge >= 0.3 is 0 Å². The minimum Gasteiger partial charge on any atom is -0.871 e. The summed E-state index contributed by atoms with van der Waals surface area (Å²) in [5.41, 5.74) is 9.79. The van der Waals surface area contributed by atoms with Gasteiger partial charge in [0, 0.05) is 88.5 Å². The molecule has 0 bridgehead atoms. The van der Waals surface area contributed by atoms with E-state index in [-0.39, 0.29) is 34.8 Å². The number of allylic oxidation sites excluding steroid dienone is 5. The molecule has 0 spiro atoms. The summed E-state index contributed by atoms with van der Waals surface area (Å²) in [7, 11) is 0. The van der Waals surface area contributed by atoms with E-state index in [4.69, 9.17) is 0 Å². The summed E-state index contributed by atoms with van der Waals surface area (Å²) >= 11 is 0. The summed E-state index contributed by atoms with van der Waals surface area (Å²) in [5, 5.41) is 21.6. The normalized spacial score (nSPS) is 15.0. The van der Waals surface area contributed by atoms with Crippen molar-refractivity contribution in [1.82, 2.24) is 9.89 Å². The van der Waals surface area contributed by atoms with Gasteiger partial charge in [0.05, 0.1) is 11.4 Å². The lowest BCUT2D eigenvalue weighted by Crippen LogP contribution is -2.36. The minimum absolute atomic E-state index is 0.0277. The van der Waals surface area contributed by atoms with Crippen molar-refractivity contribution in [2.75, 3.05) is 16.8 Å². The maximum atomic E-state index is 15.1. The van der Waals surface area contributed by atoms with Crippen molar-refractivity contribution in [2.24, 2.45) is 17.8 Å². The molecule has 2 aliphatic rings. The smallest absolute Gasteiger partial charge is 0.227 e. The van der Waals surface area contributed by atoms with E-state index in [0.717, 1.165) is 97.5 Å². The molecule has 0 aromatic heterocycles. The third kappa shape index (κ3) is 17.4. The van der Waals surface area contributed by atoms with Crippen molar-refractivity contribution in [3.8, 4) is 0 Å². The van der Waals surface area contributed by atoms with Crippen LogP contribution in [-0.4, -0.2) is 29.9 Å². The number of unbranched alkanes of at least 4 members (excludes halogenated alkanes) is 12. The van der Waals surface area contributed by atoms with Gasteiger partial charge in [0.2, 0.25) is 28.9 Å². The number of nitrogens with zero attached hydrogens (tertiary/aromatic N) is 2. The highest BCUT2D eigenvalue weighted by molar-refractivity contribution is 6.40. The second-order valence-electron chi connectivity index (χ2n) is 22.8. The molecule has 0 saturated heterocycles. The number of ketones is 1. The lowest BCUT2D eigenvalue weighted by atomic mass is 9.78. The van der Waals surface area contributed by atoms with Crippen LogP contribution in [-0.2, 0) is 14.4 Å². The van der Waals surface area contributed by atoms with Crippen molar-refractivity contribution in [3.05, 3.63) is 154 Å². The fourth-order valence-corrected chi connectivity index (χ4v) is 11.2. The molecule has 0 aliphatic heterocycles. The second kappa shape index (κ2) is 32.1. The van der Waals surface area contributed by atoms with Gasteiger partial charge < -0.3 is 20.6 Å². The first kappa shape index (κ1) is 61.9. The Morgan fingerprint density at radius 1 is 0.532 bits per heavy atom. The van der Waals surface area contributed by atoms with Crippen LogP contribution in [0.4, 0.5) is 28.4 Å². The molecule has 79 heavy (non-hydrogen) atoms. The van der Waals surface area contributed by atoms with Gasteiger partial charge in [-0.2, -0.15) is 4.58 Å². The fourth-order valence-electron chi connectivity index (χ4n) is 11.2. The van der Waals surface area contributed by atoms with Crippen LogP contribution in [0.5, 0.6) is 0 Å². The van der Waals surface area contributed by atoms with E-state index in [1.54, 1.807) is 0 Å². The first-order chi connectivity index (χ1) is 38.3. The Labute approximate surface area is 476 Å². The monoisotopic (exact) mass is 1070 g/mol. The van der Waals surface area contributed by atoms with Crippen molar-refractivity contribution < 1.29 is 19.5 Å². The van der Waals surface area contributed by atoms with Gasteiger partial charge in [-0.05, 0) is 95.6 Å². The third-order valence-electron chi connectivity index (χ3n) is 16.4. The number of carbonyl (C=O) groups is 3. The summed E-state index contributed by atoms with van der Waals surface area (Å²) in [4.78, 5) is 46.2. The van der Waals surface area contributed by atoms with Gasteiger partial charge in [0.25, 0.3) is 0 Å². The molecule has 2 unspecified atom stereocenters. The Balaban J connectivity index is 1.48. The minimum atomic E-state index is -0.408. The highest BCUT2D eigenvalue weighted by Crippen LogP contribution is 2.44. The number of aryl methyl sites for hydroxylation is 3. The van der Waals surface area contributed by atoms with Crippen LogP contribution in [0.2, 0.25) is 0 Å². The molecule has 4 aromatic carbocycles. The van der Waals surface area contributed by atoms with Gasteiger partial charge in [0.1, 0.15) is 0 Å². The van der Waals surface area contributed by atoms with Crippen LogP contribution >= 0.6 is 0 Å². The zero-order valence-electron chi connectivity index (χ0n) is 49.9. The first-order valence-electron chi connectivity index (χ1n) is 30.9. The molecule has 2 aliphatic carbocycles. The number of carbonyl (C=O) groups excluding carboxylic acids is 3. The van der Waals surface area contributed by atoms with Gasteiger partial charge in [-0.15, -0.1) is 0 Å². The van der Waals surface area contributed by atoms with Crippen LogP contribution < -0.4 is 25.2 Å². The number of Topliss-reactive ketones (excluding diaryl/α,β-unsaturated/α-hetero) is 1. The van der Waals surface area contributed by atoms with E-state index in [0.29, 0.717) is 41.3 Å². The van der Waals surface area contributed by atoms with E-state index >= 15 is 9.90 Å². The molecule has 4 aromatic rings. The van der Waals surface area contributed by atoms with Crippen molar-refractivity contribution in [1.29, 1.82) is 0 Å². The number of anilines is 3. The summed E-state index contributed by atoms with van der Waals surface area (Å²) < 4.78 is 2.13. The maximum absolute atomic E-state index is 15.1. The molecule has 8 nitrogen and oxygen atoms in total. The topological polar surface area (TPSA) is 105 Å². The van der Waals surface area contributed by atoms with Gasteiger partial charge in [0.15, 0.2) is 5.78 Å². The summed E-state index contributed by atoms with van der Waals surface area (Å²) in [6.45, 7) is 19.9. The maximum Gasteiger partial charge on any atom is 0.227 e. The molecule has 2 N–H and O–H groups in total. The second-order valence-corrected chi connectivity index (χ2v) is 22.8. The fraction of sp³-hybridized carbons (Fsp3) is 0.493. The zero-order chi connectivity index (χ0) is 56.7. The molecule has 0 radical (unpaired) electrons. The lowest BCUT2D eigenvalue weighted by molar-refractivity contribution is -0.297. The first-order valence-corrected chi connectivity index (χ1v) is 30.9. The van der Waals surface area contributed by atoms with Crippen LogP contribution in [0.25, 0.3) is 5.57 Å². The Morgan fingerprint density at radius 3 is 1.49 bits per heavy atom. The summed E-state index contributed by atoms with van der Waals surface area (Å²) in [6.07, 6.45) is 29.6. The number of benzene rings is 4. The third-order valence-corrected chi connectivity index (χ3v) is 16.4. The predicted octanol–water partition coefficient (Wildman–Crippen LogP) is 17.7. The molecule has 0 fully saturated rings. The molecule has 424 valence electrons. The van der Waals surface area contributed by atoms with Crippen LogP contribution in [0.3, 0.4) is 0 Å². The molecular weight excluding hydrogens is 973 g/mol. The number of rotatable bonds is 33. The number of nitrogens with one attached hydrogen (secondary N) is 2. The van der Waals surface area contributed by atoms with Gasteiger partial charge in [-0.25, -0.2) is 0 Å². The molecular formula is C71H96N4O4. The lowest BCUT2D eigenvalue weighted by Gasteiger charge is -2.35. The van der Waals surface area contributed by atoms with E-state index in [9.17, 15) is 9.59 Å². The Hall–Kier alpha value is -6.28. The van der Waals surface area contributed by atoms with Gasteiger partial charge in [-0.1, -0.05) is 209 Å². The van der Waals surface area contributed by atoms with E-state index < -0.39 is 11.5 Å². The van der Waals surface area contributed by atoms with E-state index in [1.807, 2.05) is 50.3 Å². The predicted molar refractivity (Wildman–Crippen MR) is 332 cm³/mol. The van der Waals surface area contributed by atoms with Crippen molar-refractivity contribution in [2.45, 2.75) is 204 Å².